The average Bonchev–Trinajstić information content (AvgIpc) is 2.49. The van der Waals surface area contributed by atoms with Gasteiger partial charge in [-0.15, -0.1) is 0 Å². The molecule has 0 aliphatic rings. The summed E-state index contributed by atoms with van der Waals surface area (Å²) in [4.78, 5) is 16.6. The maximum Gasteiger partial charge on any atom is 0.274 e. The van der Waals surface area contributed by atoms with Gasteiger partial charge in [0.25, 0.3) is 5.91 Å². The van der Waals surface area contributed by atoms with Crippen LogP contribution in [0.2, 0.25) is 0 Å². The third kappa shape index (κ3) is 4.30. The van der Waals surface area contributed by atoms with Crippen molar-refractivity contribution in [2.75, 3.05) is 6.61 Å². The summed E-state index contributed by atoms with van der Waals surface area (Å²) in [5.74, 6) is 5.48. The summed E-state index contributed by atoms with van der Waals surface area (Å²) < 4.78 is 0. The largest absolute Gasteiger partial charge is 0.274 e. The van der Waals surface area contributed by atoms with E-state index in [4.69, 9.17) is 4.84 Å². The number of hydrogen-bond acceptors (Lipinski definition) is 2. The Labute approximate surface area is 112 Å². The fourth-order valence-corrected chi connectivity index (χ4v) is 1.45. The zero-order valence-corrected chi connectivity index (χ0v) is 10.3. The third-order valence-electron chi connectivity index (χ3n) is 2.35. The maximum atomic E-state index is 11.6. The van der Waals surface area contributed by atoms with Crippen molar-refractivity contribution in [3.05, 3.63) is 71.8 Å². The molecule has 0 unspecified atom stereocenters. The molecule has 2 aromatic carbocycles. The summed E-state index contributed by atoms with van der Waals surface area (Å²) in [5, 5.41) is 0. The van der Waals surface area contributed by atoms with Crippen LogP contribution < -0.4 is 5.48 Å². The number of amides is 1. The molecule has 1 amide bonds. The number of nitrogens with one attached hydrogen (secondary N) is 1. The van der Waals surface area contributed by atoms with Crippen molar-refractivity contribution in [2.24, 2.45) is 0 Å². The first-order chi connectivity index (χ1) is 9.36. The third-order valence-corrected chi connectivity index (χ3v) is 2.35. The smallest absolute Gasteiger partial charge is 0.267 e. The normalized spacial score (nSPS) is 9.26. The molecule has 19 heavy (non-hydrogen) atoms. The van der Waals surface area contributed by atoms with Gasteiger partial charge < -0.3 is 0 Å². The Bertz CT molecular complexity index is 582. The summed E-state index contributed by atoms with van der Waals surface area (Å²) in [7, 11) is 0. The van der Waals surface area contributed by atoms with E-state index in [1.54, 1.807) is 24.3 Å². The minimum Gasteiger partial charge on any atom is -0.267 e. The van der Waals surface area contributed by atoms with Crippen LogP contribution >= 0.6 is 0 Å². The Morgan fingerprint density at radius 2 is 1.63 bits per heavy atom. The van der Waals surface area contributed by atoms with Crippen molar-refractivity contribution in [2.45, 2.75) is 0 Å². The van der Waals surface area contributed by atoms with Crippen molar-refractivity contribution in [3.63, 3.8) is 0 Å². The lowest BCUT2D eigenvalue weighted by Gasteiger charge is -2.02. The van der Waals surface area contributed by atoms with E-state index >= 15 is 0 Å². The van der Waals surface area contributed by atoms with E-state index in [1.165, 1.54) is 0 Å². The molecule has 0 radical (unpaired) electrons. The number of carbonyl (C=O) groups is 1. The second-order valence-corrected chi connectivity index (χ2v) is 3.75. The fourth-order valence-electron chi connectivity index (χ4n) is 1.45. The lowest BCUT2D eigenvalue weighted by atomic mass is 10.2. The van der Waals surface area contributed by atoms with Gasteiger partial charge in [0.15, 0.2) is 0 Å². The molecule has 0 fully saturated rings. The van der Waals surface area contributed by atoms with Crippen LogP contribution in [0.3, 0.4) is 0 Å². The highest BCUT2D eigenvalue weighted by Gasteiger charge is 2.02. The molecule has 0 aromatic heterocycles. The molecular weight excluding hydrogens is 238 g/mol. The highest BCUT2D eigenvalue weighted by atomic mass is 16.6. The van der Waals surface area contributed by atoms with Gasteiger partial charge in [-0.05, 0) is 24.3 Å². The van der Waals surface area contributed by atoms with Crippen molar-refractivity contribution in [1.82, 2.24) is 5.48 Å². The molecule has 0 aliphatic heterocycles. The molecule has 0 aliphatic carbocycles. The Balaban J connectivity index is 1.76. The number of rotatable bonds is 3. The zero-order chi connectivity index (χ0) is 13.3. The first-order valence-corrected chi connectivity index (χ1v) is 5.87. The molecule has 2 rings (SSSR count). The Kier molecular flexibility index (Phi) is 4.74. The molecule has 94 valence electrons. The molecule has 0 heterocycles. The summed E-state index contributed by atoms with van der Waals surface area (Å²) >= 11 is 0. The zero-order valence-electron chi connectivity index (χ0n) is 10.3. The summed E-state index contributed by atoms with van der Waals surface area (Å²) in [6.45, 7) is 0.146. The molecule has 2 aromatic rings. The van der Waals surface area contributed by atoms with Crippen LogP contribution in [0, 0.1) is 11.8 Å². The van der Waals surface area contributed by atoms with Gasteiger partial charge in [0.2, 0.25) is 0 Å². The van der Waals surface area contributed by atoms with Crippen LogP contribution in [0.4, 0.5) is 0 Å². The van der Waals surface area contributed by atoms with Gasteiger partial charge >= 0.3 is 0 Å². The topological polar surface area (TPSA) is 38.3 Å². The molecular formula is C16H13NO2. The van der Waals surface area contributed by atoms with Crippen molar-refractivity contribution < 1.29 is 9.63 Å². The highest BCUT2D eigenvalue weighted by Crippen LogP contribution is 1.97. The number of benzene rings is 2. The predicted molar refractivity (Wildman–Crippen MR) is 73.2 cm³/mol. The quantitative estimate of drug-likeness (QED) is 0.517. The van der Waals surface area contributed by atoms with Crippen LogP contribution in [0.25, 0.3) is 0 Å². The Morgan fingerprint density at radius 3 is 2.32 bits per heavy atom. The molecule has 0 bridgehead atoms. The van der Waals surface area contributed by atoms with E-state index in [-0.39, 0.29) is 12.5 Å². The van der Waals surface area contributed by atoms with Crippen LogP contribution in [-0.4, -0.2) is 12.5 Å². The number of carbonyl (C=O) groups excluding carboxylic acids is 1. The molecule has 0 saturated carbocycles. The van der Waals surface area contributed by atoms with E-state index in [9.17, 15) is 4.79 Å². The Morgan fingerprint density at radius 1 is 1.00 bits per heavy atom. The van der Waals surface area contributed by atoms with Crippen LogP contribution in [-0.2, 0) is 4.84 Å². The van der Waals surface area contributed by atoms with E-state index in [0.29, 0.717) is 5.56 Å². The van der Waals surface area contributed by atoms with Crippen LogP contribution in [0.5, 0.6) is 0 Å². The summed E-state index contributed by atoms with van der Waals surface area (Å²) in [6, 6.07) is 18.5. The molecule has 0 atom stereocenters. The van der Waals surface area contributed by atoms with Gasteiger partial charge in [0, 0.05) is 11.1 Å². The van der Waals surface area contributed by atoms with Gasteiger partial charge in [-0.1, -0.05) is 48.2 Å². The number of hydroxylamine groups is 1. The lowest BCUT2D eigenvalue weighted by molar-refractivity contribution is 0.0438. The summed E-state index contributed by atoms with van der Waals surface area (Å²) in [6.07, 6.45) is 0. The molecule has 0 spiro atoms. The molecule has 3 heteroatoms. The second-order valence-electron chi connectivity index (χ2n) is 3.75. The van der Waals surface area contributed by atoms with Gasteiger partial charge in [-0.3, -0.25) is 9.63 Å². The van der Waals surface area contributed by atoms with Gasteiger partial charge in [-0.25, -0.2) is 5.48 Å². The van der Waals surface area contributed by atoms with Crippen molar-refractivity contribution in [1.29, 1.82) is 0 Å². The first-order valence-electron chi connectivity index (χ1n) is 5.87. The minimum absolute atomic E-state index is 0.146. The van der Waals surface area contributed by atoms with Crippen molar-refractivity contribution in [3.8, 4) is 11.8 Å². The number of hydrogen-bond donors (Lipinski definition) is 1. The monoisotopic (exact) mass is 251 g/mol. The lowest BCUT2D eigenvalue weighted by Crippen LogP contribution is -2.23. The predicted octanol–water partition coefficient (Wildman–Crippen LogP) is 2.40. The van der Waals surface area contributed by atoms with E-state index in [1.807, 2.05) is 36.4 Å². The second kappa shape index (κ2) is 7.00. The van der Waals surface area contributed by atoms with E-state index in [2.05, 4.69) is 17.3 Å². The standard InChI is InChI=1S/C16H13NO2/c18-16(15-11-5-2-6-12-15)17-19-13-7-10-14-8-3-1-4-9-14/h1-6,8-9,11-12H,13H2,(H,17,18). The molecule has 0 saturated heterocycles. The molecule has 3 nitrogen and oxygen atoms in total. The fraction of sp³-hybridized carbons (Fsp3) is 0.0625. The summed E-state index contributed by atoms with van der Waals surface area (Å²) in [5.41, 5.74) is 3.82. The minimum atomic E-state index is -0.276. The Hall–Kier alpha value is -2.57. The van der Waals surface area contributed by atoms with Gasteiger partial charge in [0.1, 0.15) is 6.61 Å². The van der Waals surface area contributed by atoms with E-state index in [0.717, 1.165) is 5.56 Å². The SMILES string of the molecule is O=C(NOCC#Cc1ccccc1)c1ccccc1. The highest BCUT2D eigenvalue weighted by molar-refractivity contribution is 5.93. The van der Waals surface area contributed by atoms with Crippen LogP contribution in [0.1, 0.15) is 15.9 Å². The first kappa shape index (κ1) is 12.9. The average molecular weight is 251 g/mol. The van der Waals surface area contributed by atoms with Gasteiger partial charge in [-0.2, -0.15) is 0 Å². The van der Waals surface area contributed by atoms with Crippen molar-refractivity contribution >= 4 is 5.91 Å². The van der Waals surface area contributed by atoms with E-state index < -0.39 is 0 Å². The maximum absolute atomic E-state index is 11.6. The van der Waals surface area contributed by atoms with Crippen LogP contribution in [0.15, 0.2) is 60.7 Å². The van der Waals surface area contributed by atoms with Gasteiger partial charge in [0.05, 0.1) is 0 Å². The molecule has 1 N–H and O–H groups in total.